The van der Waals surface area contributed by atoms with Crippen LogP contribution in [0.25, 0.3) is 0 Å². The van der Waals surface area contributed by atoms with Gasteiger partial charge in [-0.2, -0.15) is 0 Å². The molecule has 2 N–H and O–H groups in total. The van der Waals surface area contributed by atoms with Gasteiger partial charge in [-0.3, -0.25) is 0 Å². The van der Waals surface area contributed by atoms with E-state index in [2.05, 4.69) is 0 Å². The Morgan fingerprint density at radius 1 is 1.67 bits per heavy atom. The lowest BCUT2D eigenvalue weighted by Crippen LogP contribution is -2.43. The predicted molar refractivity (Wildman–Crippen MR) is 46.0 cm³/mol. The largest absolute Gasteiger partial charge is 0.393 e. The first-order valence-electron chi connectivity index (χ1n) is 4.37. The third-order valence-corrected chi connectivity index (χ3v) is 2.39. The van der Waals surface area contributed by atoms with Gasteiger partial charge in [0.25, 0.3) is 0 Å². The summed E-state index contributed by atoms with van der Waals surface area (Å²) in [5, 5.41) is 18.7. The number of ether oxygens (including phenoxy) is 1. The summed E-state index contributed by atoms with van der Waals surface area (Å²) in [4.78, 5) is 0. The summed E-state index contributed by atoms with van der Waals surface area (Å²) in [5.41, 5.74) is -0.797. The smallest absolute Gasteiger partial charge is 0.116 e. The van der Waals surface area contributed by atoms with E-state index in [1.54, 1.807) is 0 Å². The molecular weight excluding hydrogens is 155 g/mol. The van der Waals surface area contributed by atoms with Crippen molar-refractivity contribution in [2.75, 3.05) is 6.61 Å². The van der Waals surface area contributed by atoms with Gasteiger partial charge < -0.3 is 14.9 Å². The molecule has 0 aromatic heterocycles. The number of aliphatic hydroxyl groups excluding tert-OH is 2. The van der Waals surface area contributed by atoms with Crippen LogP contribution in [-0.4, -0.2) is 42.4 Å². The molecule has 68 valence electrons. The van der Waals surface area contributed by atoms with Crippen LogP contribution in [0.1, 0.15) is 26.2 Å². The van der Waals surface area contributed by atoms with E-state index in [1.165, 1.54) is 0 Å². The number of aliphatic hydroxyl groups is 2. The van der Waals surface area contributed by atoms with Crippen LogP contribution in [0, 0.1) is 0 Å². The van der Waals surface area contributed by atoms with Gasteiger partial charge in [-0.15, -0.1) is 0 Å². The molecule has 4 heteroatoms. The summed E-state index contributed by atoms with van der Waals surface area (Å²) in [6, 6.07) is -0.432. The minimum Gasteiger partial charge on any atom is -0.393 e. The van der Waals surface area contributed by atoms with Crippen molar-refractivity contribution in [1.82, 2.24) is 0 Å². The first kappa shape index (κ1) is 10.0. The second-order valence-electron chi connectivity index (χ2n) is 3.38. The van der Waals surface area contributed by atoms with Gasteiger partial charge in [0.05, 0.1) is 12.7 Å². The molecule has 12 heavy (non-hydrogen) atoms. The number of hydrogen-bond donors (Lipinski definition) is 2. The topological polar surface area (TPSA) is 49.7 Å². The van der Waals surface area contributed by atoms with Crippen molar-refractivity contribution in [1.29, 1.82) is 0 Å². The van der Waals surface area contributed by atoms with Crippen molar-refractivity contribution in [2.24, 2.45) is 0 Å². The minimum atomic E-state index is -0.797. The van der Waals surface area contributed by atoms with Crippen LogP contribution in [0.3, 0.4) is 0 Å². The fourth-order valence-corrected chi connectivity index (χ4v) is 1.73. The molecule has 0 bridgehead atoms. The third-order valence-electron chi connectivity index (χ3n) is 2.39. The van der Waals surface area contributed by atoms with Crippen LogP contribution < -0.4 is 0 Å². The Bertz CT molecular complexity index is 153. The highest BCUT2D eigenvalue weighted by Crippen LogP contribution is 2.33. The highest BCUT2D eigenvalue weighted by atomic mass is 16.5. The maximum atomic E-state index is 9.58. The zero-order valence-corrected chi connectivity index (χ0v) is 7.36. The molecule has 1 saturated heterocycles. The summed E-state index contributed by atoms with van der Waals surface area (Å²) in [6.07, 6.45) is 1.31. The highest BCUT2D eigenvalue weighted by Gasteiger charge is 2.44. The molecule has 1 aliphatic heterocycles. The molecule has 1 aliphatic rings. The lowest BCUT2D eigenvalue weighted by atomic mass is 9.90. The molecule has 0 saturated carbocycles. The first-order chi connectivity index (χ1) is 5.64. The summed E-state index contributed by atoms with van der Waals surface area (Å²) in [7, 11) is 5.51. The van der Waals surface area contributed by atoms with Crippen LogP contribution >= 0.6 is 0 Å². The van der Waals surface area contributed by atoms with E-state index in [0.29, 0.717) is 12.8 Å². The van der Waals surface area contributed by atoms with Crippen LogP contribution in [0.15, 0.2) is 0 Å². The first-order valence-corrected chi connectivity index (χ1v) is 4.37. The Morgan fingerprint density at radius 3 is 2.67 bits per heavy atom. The van der Waals surface area contributed by atoms with Crippen LogP contribution in [-0.2, 0) is 4.74 Å². The Hall–Kier alpha value is -0.0551. The molecule has 0 aromatic rings. The zero-order chi connectivity index (χ0) is 9.19. The Morgan fingerprint density at radius 2 is 2.33 bits per heavy atom. The summed E-state index contributed by atoms with van der Waals surface area (Å²) in [5.74, 6) is 0. The maximum absolute atomic E-state index is 9.58. The second kappa shape index (κ2) is 3.77. The van der Waals surface area contributed by atoms with E-state index in [9.17, 15) is 5.11 Å². The molecule has 0 amide bonds. The van der Waals surface area contributed by atoms with E-state index in [-0.39, 0.29) is 6.61 Å². The summed E-state index contributed by atoms with van der Waals surface area (Å²) < 4.78 is 5.33. The molecule has 1 fully saturated rings. The van der Waals surface area contributed by atoms with Crippen molar-refractivity contribution >= 4 is 7.85 Å². The Labute approximate surface area is 74.1 Å². The van der Waals surface area contributed by atoms with Gasteiger partial charge in [-0.1, -0.05) is 13.3 Å². The molecule has 1 rings (SSSR count). The molecule has 1 heterocycles. The van der Waals surface area contributed by atoms with Gasteiger partial charge in [0, 0.05) is 6.00 Å². The molecule has 3 atom stereocenters. The van der Waals surface area contributed by atoms with Crippen molar-refractivity contribution in [3.8, 4) is 0 Å². The molecule has 0 aliphatic carbocycles. The molecule has 2 radical (unpaired) electrons. The van der Waals surface area contributed by atoms with Crippen molar-refractivity contribution in [3.05, 3.63) is 0 Å². The van der Waals surface area contributed by atoms with E-state index >= 15 is 0 Å². The van der Waals surface area contributed by atoms with Gasteiger partial charge in [0.1, 0.15) is 13.4 Å². The molecule has 3 nitrogen and oxygen atoms in total. The standard InChI is InChI=1S/C8H15BO3/c1-2-3-8(5-10)6(11)4-7(9)12-8/h6-7,10-11H,2-5H2,1H3/t6-,7+,8+/m0/s1. The van der Waals surface area contributed by atoms with Crippen molar-refractivity contribution in [2.45, 2.75) is 43.9 Å². The Kier molecular flexibility index (Phi) is 3.15. The van der Waals surface area contributed by atoms with Gasteiger partial charge >= 0.3 is 0 Å². The van der Waals surface area contributed by atoms with Crippen LogP contribution in [0.2, 0.25) is 0 Å². The Balaban J connectivity index is 2.65. The van der Waals surface area contributed by atoms with E-state index in [4.69, 9.17) is 17.7 Å². The predicted octanol–water partition coefficient (Wildman–Crippen LogP) is -0.207. The van der Waals surface area contributed by atoms with Gasteiger partial charge in [-0.25, -0.2) is 0 Å². The maximum Gasteiger partial charge on any atom is 0.116 e. The molecule has 0 spiro atoms. The van der Waals surface area contributed by atoms with Crippen molar-refractivity contribution in [3.63, 3.8) is 0 Å². The van der Waals surface area contributed by atoms with Crippen LogP contribution in [0.5, 0.6) is 0 Å². The van der Waals surface area contributed by atoms with Gasteiger partial charge in [-0.05, 0) is 12.8 Å². The fraction of sp³-hybridized carbons (Fsp3) is 1.00. The third kappa shape index (κ3) is 1.65. The average Bonchev–Trinajstić information content (AvgIpc) is 2.28. The van der Waals surface area contributed by atoms with E-state index in [0.717, 1.165) is 6.42 Å². The monoisotopic (exact) mass is 170 g/mol. The zero-order valence-electron chi connectivity index (χ0n) is 7.36. The number of rotatable bonds is 3. The lowest BCUT2D eigenvalue weighted by molar-refractivity contribution is -0.102. The SMILES string of the molecule is [B][C@H]1C[C@H](O)[C@](CO)(CCC)O1. The summed E-state index contributed by atoms with van der Waals surface area (Å²) in [6.45, 7) is 1.83. The van der Waals surface area contributed by atoms with E-state index < -0.39 is 17.7 Å². The second-order valence-corrected chi connectivity index (χ2v) is 3.38. The lowest BCUT2D eigenvalue weighted by Gasteiger charge is -2.29. The minimum absolute atomic E-state index is 0.157. The quantitative estimate of drug-likeness (QED) is 0.576. The van der Waals surface area contributed by atoms with Crippen molar-refractivity contribution < 1.29 is 14.9 Å². The van der Waals surface area contributed by atoms with Crippen LogP contribution in [0.4, 0.5) is 0 Å². The fourth-order valence-electron chi connectivity index (χ4n) is 1.73. The normalized spacial score (nSPS) is 41.9. The van der Waals surface area contributed by atoms with Gasteiger partial charge in [0.15, 0.2) is 0 Å². The molecule has 0 unspecified atom stereocenters. The molecular formula is C8H15BO3. The molecule has 0 aromatic carbocycles. The number of hydrogen-bond acceptors (Lipinski definition) is 3. The average molecular weight is 170 g/mol. The van der Waals surface area contributed by atoms with E-state index in [1.807, 2.05) is 6.92 Å². The van der Waals surface area contributed by atoms with Gasteiger partial charge in [0.2, 0.25) is 0 Å². The highest BCUT2D eigenvalue weighted by molar-refractivity contribution is 6.11. The summed E-state index contributed by atoms with van der Waals surface area (Å²) >= 11 is 0.